The van der Waals surface area contributed by atoms with Crippen LogP contribution in [0.2, 0.25) is 0 Å². The molecule has 0 amide bonds. The number of aliphatic carboxylic acids is 2. The minimum absolute atomic E-state index is 0.0862. The standard InChI is InChI=1S/C12H19ClO10/c13-12(10(18)19,11(20)21)2-1-3-22-9-8(17)7(16)6(15)5(4-14)23-9/h5-9,14-17H,1-4H2,(H,18,19)(H,20,21)/t5-,6-,7+,8+,9?/m1/s1. The normalized spacial score (nSPS) is 31.8. The van der Waals surface area contributed by atoms with E-state index in [-0.39, 0.29) is 13.0 Å². The van der Waals surface area contributed by atoms with Gasteiger partial charge in [-0.15, -0.1) is 0 Å². The number of aliphatic hydroxyl groups is 4. The number of halogens is 1. The Morgan fingerprint density at radius 1 is 1.09 bits per heavy atom. The second-order valence-electron chi connectivity index (χ2n) is 5.08. The van der Waals surface area contributed by atoms with Crippen LogP contribution in [0.15, 0.2) is 0 Å². The summed E-state index contributed by atoms with van der Waals surface area (Å²) in [4.78, 5) is 19.2. The molecule has 1 aliphatic heterocycles. The molecular weight excluding hydrogens is 340 g/mol. The van der Waals surface area contributed by atoms with Crippen LogP contribution in [0.25, 0.3) is 0 Å². The van der Waals surface area contributed by atoms with Gasteiger partial charge in [-0.25, -0.2) is 9.59 Å². The largest absolute Gasteiger partial charge is 0.479 e. The van der Waals surface area contributed by atoms with E-state index in [2.05, 4.69) is 0 Å². The Morgan fingerprint density at radius 3 is 2.13 bits per heavy atom. The molecule has 134 valence electrons. The molecule has 0 saturated carbocycles. The molecule has 0 spiro atoms. The van der Waals surface area contributed by atoms with Crippen molar-refractivity contribution in [2.24, 2.45) is 0 Å². The van der Waals surface area contributed by atoms with Crippen LogP contribution in [-0.2, 0) is 19.1 Å². The van der Waals surface area contributed by atoms with Gasteiger partial charge in [-0.3, -0.25) is 0 Å². The molecular formula is C12H19ClO10. The smallest absolute Gasteiger partial charge is 0.336 e. The monoisotopic (exact) mass is 358 g/mol. The zero-order valence-electron chi connectivity index (χ0n) is 11.9. The van der Waals surface area contributed by atoms with Crippen molar-refractivity contribution in [1.82, 2.24) is 0 Å². The van der Waals surface area contributed by atoms with Gasteiger partial charge in [-0.05, 0) is 12.8 Å². The minimum Gasteiger partial charge on any atom is -0.479 e. The molecule has 0 aromatic carbocycles. The van der Waals surface area contributed by atoms with Gasteiger partial charge in [-0.2, -0.15) is 0 Å². The van der Waals surface area contributed by atoms with E-state index < -0.39 is 60.5 Å². The van der Waals surface area contributed by atoms with Gasteiger partial charge in [-0.1, -0.05) is 11.6 Å². The fourth-order valence-electron chi connectivity index (χ4n) is 2.03. The van der Waals surface area contributed by atoms with Gasteiger partial charge in [0.1, 0.15) is 24.4 Å². The van der Waals surface area contributed by atoms with Gasteiger partial charge in [0, 0.05) is 6.61 Å². The summed E-state index contributed by atoms with van der Waals surface area (Å²) in [7, 11) is 0. The summed E-state index contributed by atoms with van der Waals surface area (Å²) < 4.78 is 10.2. The van der Waals surface area contributed by atoms with E-state index in [1.807, 2.05) is 0 Å². The van der Waals surface area contributed by atoms with E-state index >= 15 is 0 Å². The molecule has 1 rings (SSSR count). The van der Waals surface area contributed by atoms with Crippen molar-refractivity contribution in [2.75, 3.05) is 13.2 Å². The Hall–Kier alpha value is -1.01. The fraction of sp³-hybridized carbons (Fsp3) is 0.833. The first-order valence-electron chi connectivity index (χ1n) is 6.73. The molecule has 0 aliphatic carbocycles. The second kappa shape index (κ2) is 8.20. The second-order valence-corrected chi connectivity index (χ2v) is 5.73. The predicted octanol–water partition coefficient (Wildman–Crippen LogP) is -2.27. The average molecular weight is 359 g/mol. The maximum Gasteiger partial charge on any atom is 0.336 e. The zero-order valence-corrected chi connectivity index (χ0v) is 12.7. The van der Waals surface area contributed by atoms with E-state index in [0.29, 0.717) is 0 Å². The summed E-state index contributed by atoms with van der Waals surface area (Å²) in [6.45, 7) is -0.842. The van der Waals surface area contributed by atoms with Gasteiger partial charge < -0.3 is 40.1 Å². The summed E-state index contributed by atoms with van der Waals surface area (Å²) >= 11 is 5.51. The number of rotatable bonds is 8. The number of aliphatic hydroxyl groups excluding tert-OH is 4. The van der Waals surface area contributed by atoms with Gasteiger partial charge in [0.2, 0.25) is 4.87 Å². The molecule has 0 aromatic heterocycles. The quantitative estimate of drug-likeness (QED) is 0.158. The van der Waals surface area contributed by atoms with E-state index in [4.69, 9.17) is 36.4 Å². The molecule has 0 radical (unpaired) electrons. The molecule has 10 nitrogen and oxygen atoms in total. The third-order valence-electron chi connectivity index (χ3n) is 3.47. The first kappa shape index (κ1) is 20.0. The molecule has 5 atom stereocenters. The molecule has 1 saturated heterocycles. The number of ether oxygens (including phenoxy) is 2. The highest BCUT2D eigenvalue weighted by Gasteiger charge is 2.45. The Balaban J connectivity index is 2.52. The average Bonchev–Trinajstić information content (AvgIpc) is 2.50. The molecule has 1 heterocycles. The van der Waals surface area contributed by atoms with Crippen LogP contribution in [0.1, 0.15) is 12.8 Å². The third-order valence-corrected chi connectivity index (χ3v) is 3.99. The van der Waals surface area contributed by atoms with E-state index in [1.54, 1.807) is 0 Å². The maximum absolute atomic E-state index is 10.9. The van der Waals surface area contributed by atoms with Crippen molar-refractivity contribution in [3.05, 3.63) is 0 Å². The molecule has 1 fully saturated rings. The number of alkyl halides is 1. The summed E-state index contributed by atoms with van der Waals surface area (Å²) in [5.74, 6) is -3.42. The highest BCUT2D eigenvalue weighted by atomic mass is 35.5. The van der Waals surface area contributed by atoms with Crippen LogP contribution < -0.4 is 0 Å². The van der Waals surface area contributed by atoms with Crippen LogP contribution in [-0.4, -0.2) is 91.4 Å². The molecule has 6 N–H and O–H groups in total. The Labute approximate surface area is 135 Å². The summed E-state index contributed by atoms with van der Waals surface area (Å²) in [6, 6.07) is 0. The summed E-state index contributed by atoms with van der Waals surface area (Å²) in [6.07, 6.45) is -7.75. The van der Waals surface area contributed by atoms with Crippen molar-refractivity contribution in [3.63, 3.8) is 0 Å². The Morgan fingerprint density at radius 2 is 1.65 bits per heavy atom. The summed E-state index contributed by atoms with van der Waals surface area (Å²) in [5.41, 5.74) is 0. The Kier molecular flexibility index (Phi) is 7.14. The fourth-order valence-corrected chi connectivity index (χ4v) is 2.16. The van der Waals surface area contributed by atoms with Gasteiger partial charge in [0.25, 0.3) is 0 Å². The van der Waals surface area contributed by atoms with Gasteiger partial charge >= 0.3 is 11.9 Å². The summed E-state index contributed by atoms with van der Waals surface area (Å²) in [5, 5.41) is 55.5. The zero-order chi connectivity index (χ0) is 17.8. The van der Waals surface area contributed by atoms with Crippen molar-refractivity contribution in [2.45, 2.75) is 48.4 Å². The topological polar surface area (TPSA) is 174 Å². The van der Waals surface area contributed by atoms with Crippen molar-refractivity contribution < 1.29 is 49.7 Å². The van der Waals surface area contributed by atoms with Crippen LogP contribution in [0.3, 0.4) is 0 Å². The number of carbonyl (C=O) groups is 2. The lowest BCUT2D eigenvalue weighted by molar-refractivity contribution is -0.301. The van der Waals surface area contributed by atoms with Crippen molar-refractivity contribution in [3.8, 4) is 0 Å². The van der Waals surface area contributed by atoms with E-state index in [1.165, 1.54) is 0 Å². The molecule has 23 heavy (non-hydrogen) atoms. The van der Waals surface area contributed by atoms with Gasteiger partial charge in [0.05, 0.1) is 6.61 Å². The molecule has 1 aliphatic rings. The lowest BCUT2D eigenvalue weighted by atomic mass is 9.99. The Bertz CT molecular complexity index is 414. The number of carboxylic acids is 2. The maximum atomic E-state index is 10.9. The van der Waals surface area contributed by atoms with Gasteiger partial charge in [0.15, 0.2) is 6.29 Å². The minimum atomic E-state index is -2.49. The number of hydrogen-bond donors (Lipinski definition) is 6. The third kappa shape index (κ3) is 4.51. The van der Waals surface area contributed by atoms with Crippen LogP contribution >= 0.6 is 11.6 Å². The van der Waals surface area contributed by atoms with Crippen molar-refractivity contribution >= 4 is 23.5 Å². The molecule has 0 aromatic rings. The first-order chi connectivity index (χ1) is 10.6. The van der Waals surface area contributed by atoms with E-state index in [0.717, 1.165) is 0 Å². The lowest BCUT2D eigenvalue weighted by Gasteiger charge is -2.39. The molecule has 11 heteroatoms. The van der Waals surface area contributed by atoms with Crippen molar-refractivity contribution in [1.29, 1.82) is 0 Å². The molecule has 1 unspecified atom stereocenters. The number of carboxylic acid groups (broad SMARTS) is 2. The SMILES string of the molecule is O=C(O)C(Cl)(CCCOC1O[C@H](CO)[C@@H](O)[C@H](O)[C@@H]1O)C(=O)O. The van der Waals surface area contributed by atoms with E-state index in [9.17, 15) is 24.9 Å². The highest BCUT2D eigenvalue weighted by molar-refractivity contribution is 6.44. The van der Waals surface area contributed by atoms with Crippen LogP contribution in [0.4, 0.5) is 0 Å². The van der Waals surface area contributed by atoms with Crippen LogP contribution in [0, 0.1) is 0 Å². The first-order valence-corrected chi connectivity index (χ1v) is 7.10. The molecule has 0 bridgehead atoms. The van der Waals surface area contributed by atoms with Crippen LogP contribution in [0.5, 0.6) is 0 Å². The number of hydrogen-bond acceptors (Lipinski definition) is 8. The predicted molar refractivity (Wildman–Crippen MR) is 72.8 cm³/mol. The lowest BCUT2D eigenvalue weighted by Crippen LogP contribution is -2.59. The highest BCUT2D eigenvalue weighted by Crippen LogP contribution is 2.25.